The first kappa shape index (κ1) is 16.0. The molecule has 0 saturated heterocycles. The summed E-state index contributed by atoms with van der Waals surface area (Å²) < 4.78 is 0. The number of nitrogens with two attached hydrogens (primary N) is 1. The summed E-state index contributed by atoms with van der Waals surface area (Å²) in [5.41, 5.74) is 7.91. The molecule has 0 saturated carbocycles. The number of anilines is 1. The number of hydrogen-bond acceptors (Lipinski definition) is 3. The van der Waals surface area contributed by atoms with Crippen molar-refractivity contribution in [3.8, 4) is 0 Å². The molecule has 0 radical (unpaired) electrons. The van der Waals surface area contributed by atoms with Gasteiger partial charge in [0.1, 0.15) is 0 Å². The van der Waals surface area contributed by atoms with Gasteiger partial charge in [0, 0.05) is 18.8 Å². The maximum atomic E-state index is 11.7. The van der Waals surface area contributed by atoms with Crippen LogP contribution in [0.5, 0.6) is 0 Å². The second kappa shape index (κ2) is 8.19. The van der Waals surface area contributed by atoms with Crippen LogP contribution >= 0.6 is 11.3 Å². The smallest absolute Gasteiger partial charge is 0.261 e. The van der Waals surface area contributed by atoms with Crippen LogP contribution in [0.2, 0.25) is 0 Å². The Bertz CT molecular complexity index is 637. The number of benzene rings is 1. The number of nitrogens with one attached hydrogen (secondary N) is 2. The predicted octanol–water partition coefficient (Wildman–Crippen LogP) is 2.60. The van der Waals surface area contributed by atoms with Crippen molar-refractivity contribution in [2.24, 2.45) is 10.7 Å². The third-order valence-electron chi connectivity index (χ3n) is 2.94. The van der Waals surface area contributed by atoms with E-state index in [0.717, 1.165) is 22.5 Å². The molecular formula is C16H20N4OS. The zero-order valence-electron chi connectivity index (χ0n) is 12.5. The molecule has 0 spiro atoms. The van der Waals surface area contributed by atoms with E-state index in [0.29, 0.717) is 19.0 Å². The molecule has 2 aromatic rings. The summed E-state index contributed by atoms with van der Waals surface area (Å²) in [6, 6.07) is 11.6. The number of aryl methyl sites for hydroxylation is 1. The van der Waals surface area contributed by atoms with E-state index in [1.807, 2.05) is 48.7 Å². The number of hydrogen-bond donors (Lipinski definition) is 3. The van der Waals surface area contributed by atoms with Gasteiger partial charge < -0.3 is 16.4 Å². The molecule has 0 aliphatic heterocycles. The highest BCUT2D eigenvalue weighted by atomic mass is 32.1. The Kier molecular flexibility index (Phi) is 5.97. The summed E-state index contributed by atoms with van der Waals surface area (Å²) in [7, 11) is 0. The van der Waals surface area contributed by atoms with Crippen molar-refractivity contribution in [2.75, 3.05) is 18.4 Å². The molecule has 22 heavy (non-hydrogen) atoms. The van der Waals surface area contributed by atoms with Crippen molar-refractivity contribution in [2.45, 2.75) is 13.3 Å². The van der Waals surface area contributed by atoms with E-state index in [4.69, 9.17) is 5.73 Å². The lowest BCUT2D eigenvalue weighted by Gasteiger charge is -2.06. The second-order valence-corrected chi connectivity index (χ2v) is 5.80. The molecule has 0 bridgehead atoms. The van der Waals surface area contributed by atoms with Crippen LogP contribution in [0.1, 0.15) is 21.7 Å². The summed E-state index contributed by atoms with van der Waals surface area (Å²) in [6.07, 6.45) is 0.743. The summed E-state index contributed by atoms with van der Waals surface area (Å²) >= 11 is 1.43. The number of aliphatic imine (C=N–C) groups is 1. The standard InChI is InChI=1S/C16H20N4OS/c1-12-5-2-6-13(11-12)20-16(17)19-9-4-8-18-15(21)14-7-3-10-22-14/h2-3,5-7,10-11H,4,8-9H2,1H3,(H,18,21)(H3,17,19,20). The summed E-state index contributed by atoms with van der Waals surface area (Å²) in [4.78, 5) is 16.7. The van der Waals surface area contributed by atoms with Gasteiger partial charge in [-0.05, 0) is 42.5 Å². The highest BCUT2D eigenvalue weighted by molar-refractivity contribution is 7.12. The highest BCUT2D eigenvalue weighted by Crippen LogP contribution is 2.09. The van der Waals surface area contributed by atoms with Gasteiger partial charge in [0.15, 0.2) is 5.96 Å². The Morgan fingerprint density at radius 3 is 2.91 bits per heavy atom. The van der Waals surface area contributed by atoms with E-state index >= 15 is 0 Å². The van der Waals surface area contributed by atoms with Crippen LogP contribution < -0.4 is 16.4 Å². The average molecular weight is 316 g/mol. The maximum Gasteiger partial charge on any atom is 0.261 e. The lowest BCUT2D eigenvalue weighted by Crippen LogP contribution is -2.25. The van der Waals surface area contributed by atoms with Gasteiger partial charge in [-0.3, -0.25) is 9.79 Å². The quantitative estimate of drug-likeness (QED) is 0.435. The Morgan fingerprint density at radius 2 is 2.18 bits per heavy atom. The monoisotopic (exact) mass is 316 g/mol. The van der Waals surface area contributed by atoms with Gasteiger partial charge in [0.05, 0.1) is 4.88 Å². The Labute approximate surface area is 134 Å². The van der Waals surface area contributed by atoms with Crippen LogP contribution in [-0.4, -0.2) is 25.0 Å². The molecule has 5 nitrogen and oxygen atoms in total. The number of thiophene rings is 1. The van der Waals surface area contributed by atoms with E-state index in [1.54, 1.807) is 0 Å². The van der Waals surface area contributed by atoms with Crippen molar-refractivity contribution in [3.63, 3.8) is 0 Å². The fourth-order valence-corrected chi connectivity index (χ4v) is 2.53. The Hall–Kier alpha value is -2.34. The van der Waals surface area contributed by atoms with Crippen molar-refractivity contribution in [1.82, 2.24) is 5.32 Å². The number of amides is 1. The molecule has 1 heterocycles. The largest absolute Gasteiger partial charge is 0.370 e. The van der Waals surface area contributed by atoms with Crippen LogP contribution in [0, 0.1) is 6.92 Å². The molecule has 1 aromatic carbocycles. The molecule has 1 aromatic heterocycles. The fraction of sp³-hybridized carbons (Fsp3) is 0.250. The van der Waals surface area contributed by atoms with Crippen LogP contribution in [-0.2, 0) is 0 Å². The summed E-state index contributed by atoms with van der Waals surface area (Å²) in [5.74, 6) is 0.347. The van der Waals surface area contributed by atoms with E-state index in [2.05, 4.69) is 15.6 Å². The van der Waals surface area contributed by atoms with E-state index in [1.165, 1.54) is 11.3 Å². The number of carbonyl (C=O) groups is 1. The fourth-order valence-electron chi connectivity index (χ4n) is 1.89. The lowest BCUT2D eigenvalue weighted by atomic mass is 10.2. The zero-order valence-corrected chi connectivity index (χ0v) is 13.3. The van der Waals surface area contributed by atoms with Crippen molar-refractivity contribution < 1.29 is 4.79 Å². The van der Waals surface area contributed by atoms with Crippen molar-refractivity contribution in [1.29, 1.82) is 0 Å². The molecule has 6 heteroatoms. The molecule has 1 amide bonds. The highest BCUT2D eigenvalue weighted by Gasteiger charge is 2.04. The number of carbonyl (C=O) groups excluding carboxylic acids is 1. The van der Waals surface area contributed by atoms with Gasteiger partial charge in [-0.1, -0.05) is 18.2 Å². The molecule has 0 unspecified atom stereocenters. The van der Waals surface area contributed by atoms with E-state index in [-0.39, 0.29) is 5.91 Å². The lowest BCUT2D eigenvalue weighted by molar-refractivity contribution is 0.0957. The molecule has 0 atom stereocenters. The summed E-state index contributed by atoms with van der Waals surface area (Å²) in [6.45, 7) is 3.17. The van der Waals surface area contributed by atoms with Crippen molar-refractivity contribution >= 4 is 28.9 Å². The molecular weight excluding hydrogens is 296 g/mol. The van der Waals surface area contributed by atoms with Crippen LogP contribution in [0.25, 0.3) is 0 Å². The molecule has 4 N–H and O–H groups in total. The Morgan fingerprint density at radius 1 is 1.32 bits per heavy atom. The van der Waals surface area contributed by atoms with Crippen LogP contribution in [0.4, 0.5) is 5.69 Å². The topological polar surface area (TPSA) is 79.5 Å². The average Bonchev–Trinajstić information content (AvgIpc) is 3.01. The molecule has 0 fully saturated rings. The van der Waals surface area contributed by atoms with Gasteiger partial charge in [0.2, 0.25) is 0 Å². The normalized spacial score (nSPS) is 11.2. The zero-order chi connectivity index (χ0) is 15.8. The van der Waals surface area contributed by atoms with E-state index in [9.17, 15) is 4.79 Å². The first-order valence-electron chi connectivity index (χ1n) is 7.10. The minimum Gasteiger partial charge on any atom is -0.370 e. The Balaban J connectivity index is 1.67. The summed E-state index contributed by atoms with van der Waals surface area (Å²) in [5, 5.41) is 7.79. The third kappa shape index (κ3) is 5.21. The van der Waals surface area contributed by atoms with Gasteiger partial charge in [0.25, 0.3) is 5.91 Å². The second-order valence-electron chi connectivity index (χ2n) is 4.85. The van der Waals surface area contributed by atoms with Gasteiger partial charge in [-0.15, -0.1) is 11.3 Å². The SMILES string of the molecule is Cc1cccc(NC(N)=NCCCNC(=O)c2cccs2)c1. The minimum absolute atomic E-state index is 0.0372. The number of rotatable bonds is 6. The van der Waals surface area contributed by atoms with Gasteiger partial charge in [-0.2, -0.15) is 0 Å². The first-order valence-corrected chi connectivity index (χ1v) is 7.98. The first-order chi connectivity index (χ1) is 10.6. The number of nitrogens with zero attached hydrogens (tertiary/aromatic N) is 1. The maximum absolute atomic E-state index is 11.7. The molecule has 0 aliphatic carbocycles. The van der Waals surface area contributed by atoms with Gasteiger partial charge >= 0.3 is 0 Å². The third-order valence-corrected chi connectivity index (χ3v) is 3.81. The van der Waals surface area contributed by atoms with E-state index < -0.39 is 0 Å². The minimum atomic E-state index is -0.0372. The predicted molar refractivity (Wildman–Crippen MR) is 92.6 cm³/mol. The molecule has 116 valence electrons. The van der Waals surface area contributed by atoms with Crippen molar-refractivity contribution in [3.05, 3.63) is 52.2 Å². The van der Waals surface area contributed by atoms with Crippen LogP contribution in [0.3, 0.4) is 0 Å². The number of guanidine groups is 1. The molecule has 0 aliphatic rings. The van der Waals surface area contributed by atoms with Crippen LogP contribution in [0.15, 0.2) is 46.8 Å². The molecule has 2 rings (SSSR count). The van der Waals surface area contributed by atoms with Gasteiger partial charge in [-0.25, -0.2) is 0 Å².